The van der Waals surface area contributed by atoms with E-state index in [1.165, 1.54) is 23.5 Å². The molecule has 1 amide bonds. The third-order valence-corrected chi connectivity index (χ3v) is 8.08. The second-order valence-electron chi connectivity index (χ2n) is 8.01. The fraction of sp³-hybridized carbons (Fsp3) is 0.250. The number of likely N-dealkylation sites (tertiary alicyclic amines) is 1. The van der Waals surface area contributed by atoms with Gasteiger partial charge in [-0.25, -0.2) is 0 Å². The molecule has 1 N–H and O–H groups in total. The van der Waals surface area contributed by atoms with Crippen LogP contribution in [-0.4, -0.2) is 51.9 Å². The maximum atomic E-state index is 12.7. The highest BCUT2D eigenvalue weighted by molar-refractivity contribution is 7.90. The quantitative estimate of drug-likeness (QED) is 0.566. The third-order valence-electron chi connectivity index (χ3n) is 5.63. The maximum absolute atomic E-state index is 12.7. The van der Waals surface area contributed by atoms with Crippen molar-refractivity contribution in [2.24, 2.45) is 4.40 Å². The summed E-state index contributed by atoms with van der Waals surface area (Å²) in [4.78, 5) is 16.2. The molecule has 5 rings (SSSR count). The Bertz CT molecular complexity index is 1360. The molecule has 10 heteroatoms. The van der Waals surface area contributed by atoms with Gasteiger partial charge in [0.1, 0.15) is 19.0 Å². The summed E-state index contributed by atoms with van der Waals surface area (Å²) in [5.41, 5.74) is 1.45. The van der Waals surface area contributed by atoms with E-state index in [-0.39, 0.29) is 10.8 Å². The molecule has 2 aliphatic heterocycles. The molecular weight excluding hydrogens is 474 g/mol. The third kappa shape index (κ3) is 4.64. The van der Waals surface area contributed by atoms with Crippen molar-refractivity contribution >= 4 is 38.8 Å². The molecule has 0 saturated carbocycles. The number of fused-ring (bicyclic) bond motifs is 1. The van der Waals surface area contributed by atoms with E-state index in [4.69, 9.17) is 9.47 Å². The minimum atomic E-state index is -3.79. The van der Waals surface area contributed by atoms with Crippen LogP contribution in [0.2, 0.25) is 0 Å². The Morgan fingerprint density at radius 3 is 2.53 bits per heavy atom. The zero-order valence-electron chi connectivity index (χ0n) is 18.5. The molecule has 1 fully saturated rings. The molecule has 2 aliphatic rings. The van der Waals surface area contributed by atoms with E-state index in [2.05, 4.69) is 9.71 Å². The van der Waals surface area contributed by atoms with Crippen molar-refractivity contribution in [3.05, 3.63) is 59.5 Å². The Morgan fingerprint density at radius 1 is 1.03 bits per heavy atom. The fourth-order valence-corrected chi connectivity index (χ4v) is 5.81. The molecule has 0 spiro atoms. The van der Waals surface area contributed by atoms with Gasteiger partial charge in [-0.3, -0.25) is 4.79 Å². The van der Waals surface area contributed by atoms with Gasteiger partial charge in [-0.1, -0.05) is 0 Å². The monoisotopic (exact) mass is 497 g/mol. The van der Waals surface area contributed by atoms with E-state index in [1.54, 1.807) is 18.2 Å². The average molecular weight is 498 g/mol. The van der Waals surface area contributed by atoms with Crippen LogP contribution < -0.4 is 14.8 Å². The van der Waals surface area contributed by atoms with Crippen LogP contribution in [0.5, 0.6) is 11.5 Å². The molecule has 3 aromatic rings. The first-order valence-corrected chi connectivity index (χ1v) is 13.1. The predicted octanol–water partition coefficient (Wildman–Crippen LogP) is 4.25. The number of ether oxygens (including phenoxy) is 2. The summed E-state index contributed by atoms with van der Waals surface area (Å²) in [5.74, 6) is 1.72. The second-order valence-corrected chi connectivity index (χ2v) is 10.7. The summed E-state index contributed by atoms with van der Waals surface area (Å²) >= 11 is 1.36. The lowest BCUT2D eigenvalue weighted by Crippen LogP contribution is -2.20. The lowest BCUT2D eigenvalue weighted by atomic mass is 10.1. The summed E-state index contributed by atoms with van der Waals surface area (Å²) in [6.45, 7) is 1.85. The molecule has 0 radical (unpaired) electrons. The standard InChI is InChI=1S/C24H23N3O5S2/c1-27-12-2-3-23(27)26-34(29,30)18-7-5-17(6-8-18)25-24(28)22-11-10-21(33-22)16-4-9-19-20(15-16)32-14-13-31-19/h4-11,15H,2-3,12-14H2,1H3,(H,25,28)/b26-23+. The van der Waals surface area contributed by atoms with Crippen molar-refractivity contribution in [1.29, 1.82) is 0 Å². The number of amides is 1. The topological polar surface area (TPSA) is 97.3 Å². The van der Waals surface area contributed by atoms with Crippen LogP contribution in [-0.2, 0) is 10.0 Å². The van der Waals surface area contributed by atoms with Crippen LogP contribution in [0.1, 0.15) is 22.5 Å². The zero-order valence-corrected chi connectivity index (χ0v) is 20.1. The molecule has 2 aromatic carbocycles. The molecule has 34 heavy (non-hydrogen) atoms. The Hall–Kier alpha value is -3.37. The van der Waals surface area contributed by atoms with Gasteiger partial charge >= 0.3 is 0 Å². The van der Waals surface area contributed by atoms with Crippen LogP contribution in [0.15, 0.2) is 63.9 Å². The minimum absolute atomic E-state index is 0.0929. The number of sulfonamides is 1. The molecule has 176 valence electrons. The van der Waals surface area contributed by atoms with Crippen LogP contribution in [0.4, 0.5) is 5.69 Å². The molecule has 8 nitrogen and oxygen atoms in total. The largest absolute Gasteiger partial charge is 0.486 e. The van der Waals surface area contributed by atoms with Gasteiger partial charge in [0.2, 0.25) is 0 Å². The number of carbonyl (C=O) groups is 1. The Morgan fingerprint density at radius 2 is 1.79 bits per heavy atom. The summed E-state index contributed by atoms with van der Waals surface area (Å²) in [7, 11) is -1.95. The van der Waals surface area contributed by atoms with Crippen molar-refractivity contribution in [2.45, 2.75) is 17.7 Å². The minimum Gasteiger partial charge on any atom is -0.486 e. The number of hydrogen-bond acceptors (Lipinski definition) is 6. The van der Waals surface area contributed by atoms with E-state index >= 15 is 0 Å². The molecule has 1 saturated heterocycles. The van der Waals surface area contributed by atoms with Crippen molar-refractivity contribution in [3.63, 3.8) is 0 Å². The van der Waals surface area contributed by atoms with Crippen LogP contribution in [0, 0.1) is 0 Å². The SMILES string of the molecule is CN1CCC/C1=N\S(=O)(=O)c1ccc(NC(=O)c2ccc(-c3ccc4c(c3)OCCO4)s2)cc1. The molecule has 0 aliphatic carbocycles. The summed E-state index contributed by atoms with van der Waals surface area (Å²) < 4.78 is 40.4. The number of thiophene rings is 1. The molecular formula is C24H23N3O5S2. The highest BCUT2D eigenvalue weighted by atomic mass is 32.2. The Balaban J connectivity index is 1.28. The lowest BCUT2D eigenvalue weighted by molar-refractivity contribution is 0.103. The molecule has 0 bridgehead atoms. The van der Waals surface area contributed by atoms with Crippen LogP contribution in [0.25, 0.3) is 10.4 Å². The van der Waals surface area contributed by atoms with Crippen LogP contribution in [0.3, 0.4) is 0 Å². The van der Waals surface area contributed by atoms with Crippen molar-refractivity contribution in [3.8, 4) is 21.9 Å². The first kappa shape index (κ1) is 22.4. The van der Waals surface area contributed by atoms with Gasteiger partial charge in [0.05, 0.1) is 9.77 Å². The van der Waals surface area contributed by atoms with Gasteiger partial charge in [-0.2, -0.15) is 8.42 Å². The maximum Gasteiger partial charge on any atom is 0.283 e. The predicted molar refractivity (Wildman–Crippen MR) is 132 cm³/mol. The van der Waals surface area contributed by atoms with Gasteiger partial charge in [0.25, 0.3) is 15.9 Å². The normalized spacial score (nSPS) is 16.6. The van der Waals surface area contributed by atoms with Crippen LogP contribution >= 0.6 is 11.3 Å². The number of benzene rings is 2. The van der Waals surface area contributed by atoms with E-state index in [0.717, 1.165) is 29.2 Å². The number of anilines is 1. The van der Waals surface area contributed by atoms with Crippen molar-refractivity contribution < 1.29 is 22.7 Å². The molecule has 0 atom stereocenters. The summed E-state index contributed by atoms with van der Waals surface area (Å²) in [6.07, 6.45) is 1.55. The van der Waals surface area contributed by atoms with Gasteiger partial charge in [-0.15, -0.1) is 15.7 Å². The highest BCUT2D eigenvalue weighted by Crippen LogP contribution is 2.37. The van der Waals surface area contributed by atoms with Crippen molar-refractivity contribution in [1.82, 2.24) is 4.90 Å². The van der Waals surface area contributed by atoms with Gasteiger partial charge in [0, 0.05) is 30.6 Å². The molecule has 3 heterocycles. The number of nitrogens with zero attached hydrogens (tertiary/aromatic N) is 2. The Kier molecular flexibility index (Phi) is 6.01. The van der Waals surface area contributed by atoms with Gasteiger partial charge in [-0.05, 0) is 66.6 Å². The smallest absolute Gasteiger partial charge is 0.283 e. The molecule has 0 unspecified atom stereocenters. The Labute approximate surface area is 201 Å². The van der Waals surface area contributed by atoms with Gasteiger partial charge < -0.3 is 19.7 Å². The number of hydrogen-bond donors (Lipinski definition) is 1. The van der Waals surface area contributed by atoms with E-state index in [9.17, 15) is 13.2 Å². The lowest BCUT2D eigenvalue weighted by Gasteiger charge is -2.18. The summed E-state index contributed by atoms with van der Waals surface area (Å²) in [5, 5.41) is 2.82. The van der Waals surface area contributed by atoms with E-state index in [0.29, 0.717) is 41.8 Å². The van der Waals surface area contributed by atoms with Crippen molar-refractivity contribution in [2.75, 3.05) is 32.1 Å². The number of nitrogens with one attached hydrogen (secondary N) is 1. The number of amidine groups is 1. The average Bonchev–Trinajstić information content (AvgIpc) is 3.49. The zero-order chi connectivity index (χ0) is 23.7. The second kappa shape index (κ2) is 9.11. The summed E-state index contributed by atoms with van der Waals surface area (Å²) in [6, 6.07) is 15.4. The fourth-order valence-electron chi connectivity index (χ4n) is 3.82. The van der Waals surface area contributed by atoms with E-state index in [1.807, 2.05) is 36.2 Å². The number of rotatable bonds is 5. The first-order chi connectivity index (χ1) is 16.4. The number of carbonyl (C=O) groups excluding carboxylic acids is 1. The molecule has 1 aromatic heterocycles. The first-order valence-electron chi connectivity index (χ1n) is 10.9. The van der Waals surface area contributed by atoms with E-state index < -0.39 is 10.0 Å². The van der Waals surface area contributed by atoms with Gasteiger partial charge in [0.15, 0.2) is 11.5 Å². The highest BCUT2D eigenvalue weighted by Gasteiger charge is 2.20.